The molecule has 0 fully saturated rings. The number of allylic oxidation sites excluding steroid dienone is 5. The molecule has 0 saturated heterocycles. The third-order valence-corrected chi connectivity index (χ3v) is 9.58. The van der Waals surface area contributed by atoms with E-state index in [0.29, 0.717) is 6.42 Å². The molecule has 0 aliphatic heterocycles. The van der Waals surface area contributed by atoms with E-state index in [2.05, 4.69) is 43.5 Å². The van der Waals surface area contributed by atoms with Crippen LogP contribution < -0.4 is 5.32 Å². The van der Waals surface area contributed by atoms with Crippen molar-refractivity contribution >= 4 is 16.0 Å². The lowest BCUT2D eigenvalue weighted by Gasteiger charge is -2.21. The number of aliphatic hydroxyl groups excluding tert-OH is 1. The monoisotopic (exact) mass is 682 g/mol. The summed E-state index contributed by atoms with van der Waals surface area (Å²) in [5.74, 6) is -1.00. The van der Waals surface area contributed by atoms with Gasteiger partial charge in [0.05, 0.1) is 17.9 Å². The summed E-state index contributed by atoms with van der Waals surface area (Å²) in [5, 5.41) is 13.2. The maximum Gasteiger partial charge on any atom is 0.267 e. The standard InChI is InChI=1S/C40H75NO5S/c1-3-5-7-9-11-13-15-17-19-20-22-24-26-28-30-32-34-36-40(43)41-38(37-47(44,45)46)39(42)35-33-31-29-27-25-23-21-18-16-14-12-10-8-6-4-2/h16,18,25,27,33,35,38-39,42H,3-15,17,19-24,26,28-32,34,36-37H2,1-2H3,(H,41,43)(H,44,45,46)/b18-16+,27-25+,35-33+. The summed E-state index contributed by atoms with van der Waals surface area (Å²) in [7, 11) is -4.35. The summed E-state index contributed by atoms with van der Waals surface area (Å²) >= 11 is 0. The Morgan fingerprint density at radius 1 is 0.553 bits per heavy atom. The number of carbonyl (C=O) groups excluding carboxylic acids is 1. The molecule has 2 atom stereocenters. The van der Waals surface area contributed by atoms with Crippen LogP contribution in [0.2, 0.25) is 0 Å². The lowest BCUT2D eigenvalue weighted by atomic mass is 10.0. The molecule has 6 nitrogen and oxygen atoms in total. The molecule has 0 aliphatic rings. The minimum atomic E-state index is -4.35. The fraction of sp³-hybridized carbons (Fsp3) is 0.825. The summed E-state index contributed by atoms with van der Waals surface area (Å²) in [6.45, 7) is 4.50. The van der Waals surface area contributed by atoms with Gasteiger partial charge in [0, 0.05) is 6.42 Å². The van der Waals surface area contributed by atoms with Crippen molar-refractivity contribution in [3.05, 3.63) is 36.5 Å². The van der Waals surface area contributed by atoms with Gasteiger partial charge < -0.3 is 10.4 Å². The Morgan fingerprint density at radius 2 is 0.915 bits per heavy atom. The van der Waals surface area contributed by atoms with Gasteiger partial charge in [0.15, 0.2) is 0 Å². The third kappa shape index (κ3) is 35.7. The molecule has 0 saturated carbocycles. The molecule has 2 unspecified atom stereocenters. The second-order valence-electron chi connectivity index (χ2n) is 13.5. The number of aliphatic hydroxyl groups is 1. The first-order chi connectivity index (χ1) is 22.8. The lowest BCUT2D eigenvalue weighted by molar-refractivity contribution is -0.122. The average molecular weight is 682 g/mol. The highest BCUT2D eigenvalue weighted by atomic mass is 32.2. The van der Waals surface area contributed by atoms with E-state index in [0.717, 1.165) is 38.5 Å². The molecule has 7 heteroatoms. The molecule has 0 heterocycles. The molecule has 0 aromatic rings. The van der Waals surface area contributed by atoms with Crippen molar-refractivity contribution in [3.8, 4) is 0 Å². The van der Waals surface area contributed by atoms with Crippen LogP contribution in [0, 0.1) is 0 Å². The van der Waals surface area contributed by atoms with Gasteiger partial charge in [-0.05, 0) is 44.9 Å². The van der Waals surface area contributed by atoms with Gasteiger partial charge in [0.2, 0.25) is 5.91 Å². The topological polar surface area (TPSA) is 104 Å². The van der Waals surface area contributed by atoms with Crippen LogP contribution in [0.5, 0.6) is 0 Å². The second kappa shape index (κ2) is 34.4. The molecule has 1 amide bonds. The summed E-state index contributed by atoms with van der Waals surface area (Å²) in [6, 6.07) is -1.08. The fourth-order valence-electron chi connectivity index (χ4n) is 5.83. The molecular weight excluding hydrogens is 607 g/mol. The first-order valence-electron chi connectivity index (χ1n) is 19.7. The van der Waals surface area contributed by atoms with Gasteiger partial charge in [-0.1, -0.05) is 179 Å². The molecule has 0 radical (unpaired) electrons. The number of hydrogen-bond acceptors (Lipinski definition) is 4. The lowest BCUT2D eigenvalue weighted by Crippen LogP contribution is -2.46. The first-order valence-corrected chi connectivity index (χ1v) is 21.3. The van der Waals surface area contributed by atoms with E-state index in [4.69, 9.17) is 0 Å². The Bertz CT molecular complexity index is 883. The van der Waals surface area contributed by atoms with Crippen molar-refractivity contribution in [1.29, 1.82) is 0 Å². The highest BCUT2D eigenvalue weighted by Crippen LogP contribution is 2.15. The summed E-state index contributed by atoms with van der Waals surface area (Å²) in [6.07, 6.45) is 44.1. The van der Waals surface area contributed by atoms with E-state index >= 15 is 0 Å². The highest BCUT2D eigenvalue weighted by molar-refractivity contribution is 7.85. The van der Waals surface area contributed by atoms with E-state index in [1.807, 2.05) is 0 Å². The minimum absolute atomic E-state index is 0.288. The Morgan fingerprint density at radius 3 is 1.34 bits per heavy atom. The van der Waals surface area contributed by atoms with Crippen LogP contribution in [0.3, 0.4) is 0 Å². The molecule has 47 heavy (non-hydrogen) atoms. The molecule has 0 rings (SSSR count). The zero-order valence-corrected chi connectivity index (χ0v) is 31.5. The number of nitrogens with one attached hydrogen (secondary N) is 1. The molecule has 3 N–H and O–H groups in total. The Balaban J connectivity index is 3.99. The zero-order valence-electron chi connectivity index (χ0n) is 30.7. The van der Waals surface area contributed by atoms with E-state index in [1.54, 1.807) is 6.08 Å². The molecule has 0 bridgehead atoms. The second-order valence-corrected chi connectivity index (χ2v) is 15.0. The van der Waals surface area contributed by atoms with Gasteiger partial charge in [-0.3, -0.25) is 9.35 Å². The SMILES string of the molecule is CCCCCCC/C=C/CC/C=C/CC/C=C/C(O)C(CS(=O)(=O)O)NC(=O)CCCCCCCCCCCCCCCCCCC. The number of rotatable bonds is 35. The fourth-order valence-corrected chi connectivity index (χ4v) is 6.57. The van der Waals surface area contributed by atoms with Gasteiger partial charge in [0.1, 0.15) is 0 Å². The number of amides is 1. The van der Waals surface area contributed by atoms with Gasteiger partial charge in [-0.25, -0.2) is 0 Å². The van der Waals surface area contributed by atoms with E-state index in [1.165, 1.54) is 134 Å². The van der Waals surface area contributed by atoms with Crippen molar-refractivity contribution in [3.63, 3.8) is 0 Å². The summed E-state index contributed by atoms with van der Waals surface area (Å²) < 4.78 is 32.4. The van der Waals surface area contributed by atoms with Gasteiger partial charge in [-0.2, -0.15) is 8.42 Å². The average Bonchev–Trinajstić information content (AvgIpc) is 3.03. The van der Waals surface area contributed by atoms with Gasteiger partial charge >= 0.3 is 0 Å². The Hall–Kier alpha value is -1.44. The van der Waals surface area contributed by atoms with Crippen molar-refractivity contribution in [2.75, 3.05) is 5.75 Å². The predicted octanol–water partition coefficient (Wildman–Crippen LogP) is 11.4. The van der Waals surface area contributed by atoms with Crippen LogP contribution in [-0.2, 0) is 14.9 Å². The van der Waals surface area contributed by atoms with E-state index in [-0.39, 0.29) is 12.3 Å². The van der Waals surface area contributed by atoms with Crippen LogP contribution in [0.25, 0.3) is 0 Å². The van der Waals surface area contributed by atoms with Crippen LogP contribution in [0.15, 0.2) is 36.5 Å². The van der Waals surface area contributed by atoms with E-state index < -0.39 is 28.0 Å². The Kier molecular flexibility index (Phi) is 33.4. The van der Waals surface area contributed by atoms with Crippen LogP contribution >= 0.6 is 0 Å². The smallest absolute Gasteiger partial charge is 0.267 e. The van der Waals surface area contributed by atoms with Gasteiger partial charge in [-0.15, -0.1) is 0 Å². The van der Waals surface area contributed by atoms with Crippen LogP contribution in [0.4, 0.5) is 0 Å². The number of unbranched alkanes of at least 4 members (excludes halogenated alkanes) is 23. The van der Waals surface area contributed by atoms with Crippen molar-refractivity contribution < 1.29 is 22.9 Å². The molecule has 0 aromatic carbocycles. The van der Waals surface area contributed by atoms with Crippen molar-refractivity contribution in [1.82, 2.24) is 5.32 Å². The number of hydrogen-bond donors (Lipinski definition) is 3. The first kappa shape index (κ1) is 45.6. The van der Waals surface area contributed by atoms with Crippen LogP contribution in [0.1, 0.15) is 194 Å². The molecule has 0 spiro atoms. The predicted molar refractivity (Wildman–Crippen MR) is 202 cm³/mol. The molecule has 0 aromatic heterocycles. The van der Waals surface area contributed by atoms with Gasteiger partial charge in [0.25, 0.3) is 10.1 Å². The van der Waals surface area contributed by atoms with Crippen molar-refractivity contribution in [2.45, 2.75) is 206 Å². The minimum Gasteiger partial charge on any atom is -0.387 e. The largest absolute Gasteiger partial charge is 0.387 e. The molecule has 0 aliphatic carbocycles. The summed E-state index contributed by atoms with van der Waals surface area (Å²) in [5.41, 5.74) is 0. The Labute approximate surface area is 291 Å². The third-order valence-electron chi connectivity index (χ3n) is 8.80. The van der Waals surface area contributed by atoms with Crippen molar-refractivity contribution in [2.24, 2.45) is 0 Å². The highest BCUT2D eigenvalue weighted by Gasteiger charge is 2.24. The maximum atomic E-state index is 12.5. The molecular formula is C40H75NO5S. The van der Waals surface area contributed by atoms with E-state index in [9.17, 15) is 22.9 Å². The maximum absolute atomic E-state index is 12.5. The summed E-state index contributed by atoms with van der Waals surface area (Å²) in [4.78, 5) is 12.5. The molecule has 276 valence electrons. The number of carbonyl (C=O) groups is 1. The zero-order chi connectivity index (χ0) is 34.7. The normalized spacial score (nSPS) is 13.7. The quantitative estimate of drug-likeness (QED) is 0.0351. The van der Waals surface area contributed by atoms with Crippen LogP contribution in [-0.4, -0.2) is 41.9 Å².